The van der Waals surface area contributed by atoms with Crippen molar-refractivity contribution in [2.75, 3.05) is 13.8 Å². The molecule has 0 heterocycles. The Morgan fingerprint density at radius 1 is 1.46 bits per heavy atom. The molecule has 0 fully saturated rings. The van der Waals surface area contributed by atoms with Crippen LogP contribution in [0.25, 0.3) is 0 Å². The Labute approximate surface area is 80.1 Å². The van der Waals surface area contributed by atoms with Crippen LogP contribution in [-0.2, 0) is 0 Å². The maximum atomic E-state index is 11.1. The summed E-state index contributed by atoms with van der Waals surface area (Å²) in [5.74, 6) is 0.966. The molecule has 1 rings (SSSR count). The van der Waals surface area contributed by atoms with Crippen LogP contribution < -0.4 is 10.0 Å². The number of hydrogen-bond acceptors (Lipinski definition) is 2. The Hall–Kier alpha value is -0.880. The lowest BCUT2D eigenvalue weighted by Gasteiger charge is -2.07. The fourth-order valence-electron chi connectivity index (χ4n) is 1.12. The average Bonchev–Trinajstić information content (AvgIpc) is 2.16. The minimum absolute atomic E-state index is 0.0992. The molecule has 13 heavy (non-hydrogen) atoms. The van der Waals surface area contributed by atoms with Gasteiger partial charge in [0.2, 0.25) is 0 Å². The maximum Gasteiger partial charge on any atom is 0.159 e. The highest BCUT2D eigenvalue weighted by molar-refractivity contribution is 7.46. The number of carbonyl (C=O) groups is 1. The molecule has 1 aromatic carbocycles. The van der Waals surface area contributed by atoms with E-state index >= 15 is 0 Å². The van der Waals surface area contributed by atoms with E-state index in [1.54, 1.807) is 20.1 Å². The SMILES string of the molecule is COc1ccc(C(C)=O)cc1PC. The minimum atomic E-state index is 0.0992. The van der Waals surface area contributed by atoms with Gasteiger partial charge in [-0.15, -0.1) is 0 Å². The number of Topliss-reactive ketones (excluding diaryl/α,β-unsaturated/α-hetero) is 1. The smallest absolute Gasteiger partial charge is 0.159 e. The van der Waals surface area contributed by atoms with Gasteiger partial charge in [0.25, 0.3) is 0 Å². The van der Waals surface area contributed by atoms with E-state index in [1.807, 2.05) is 12.1 Å². The average molecular weight is 196 g/mol. The lowest BCUT2D eigenvalue weighted by Crippen LogP contribution is -2.04. The summed E-state index contributed by atoms with van der Waals surface area (Å²) >= 11 is 0. The molecule has 0 N–H and O–H groups in total. The summed E-state index contributed by atoms with van der Waals surface area (Å²) in [7, 11) is 2.29. The normalized spacial score (nSPS) is 10.7. The number of rotatable bonds is 3. The summed E-state index contributed by atoms with van der Waals surface area (Å²) in [4.78, 5) is 11.1. The zero-order valence-corrected chi connectivity index (χ0v) is 9.05. The fraction of sp³-hybridized carbons (Fsp3) is 0.300. The van der Waals surface area contributed by atoms with Crippen LogP contribution in [0.2, 0.25) is 0 Å². The molecule has 0 bridgehead atoms. The lowest BCUT2D eigenvalue weighted by atomic mass is 10.1. The van der Waals surface area contributed by atoms with Crippen molar-refractivity contribution in [2.45, 2.75) is 6.92 Å². The van der Waals surface area contributed by atoms with E-state index in [2.05, 4.69) is 6.66 Å². The Kier molecular flexibility index (Phi) is 3.44. The summed E-state index contributed by atoms with van der Waals surface area (Å²) < 4.78 is 5.17. The molecule has 0 amide bonds. The molecule has 70 valence electrons. The predicted molar refractivity (Wildman–Crippen MR) is 56.9 cm³/mol. The molecular weight excluding hydrogens is 183 g/mol. The molecular formula is C10H13O2P. The van der Waals surface area contributed by atoms with Crippen LogP contribution >= 0.6 is 8.58 Å². The number of ketones is 1. The lowest BCUT2D eigenvalue weighted by molar-refractivity contribution is 0.101. The van der Waals surface area contributed by atoms with Crippen molar-refractivity contribution in [1.82, 2.24) is 0 Å². The first kappa shape index (κ1) is 10.2. The van der Waals surface area contributed by atoms with Gasteiger partial charge in [0, 0.05) is 10.9 Å². The van der Waals surface area contributed by atoms with Gasteiger partial charge in [-0.3, -0.25) is 4.79 Å². The molecule has 1 atom stereocenters. The van der Waals surface area contributed by atoms with E-state index in [4.69, 9.17) is 4.74 Å². The number of carbonyl (C=O) groups excluding carboxylic acids is 1. The quantitative estimate of drug-likeness (QED) is 0.544. The molecule has 0 aliphatic heterocycles. The second-order valence-corrected chi connectivity index (χ2v) is 3.76. The Morgan fingerprint density at radius 2 is 2.15 bits per heavy atom. The van der Waals surface area contributed by atoms with E-state index in [9.17, 15) is 4.79 Å². The topological polar surface area (TPSA) is 26.3 Å². The van der Waals surface area contributed by atoms with Crippen LogP contribution in [0.15, 0.2) is 18.2 Å². The van der Waals surface area contributed by atoms with Crippen molar-refractivity contribution in [3.63, 3.8) is 0 Å². The third-order valence-corrected chi connectivity index (χ3v) is 2.80. The first-order chi connectivity index (χ1) is 6.19. The van der Waals surface area contributed by atoms with E-state index < -0.39 is 0 Å². The molecule has 0 aliphatic rings. The Morgan fingerprint density at radius 3 is 2.62 bits per heavy atom. The fourth-order valence-corrected chi connectivity index (χ4v) is 1.85. The van der Waals surface area contributed by atoms with Gasteiger partial charge in [0.05, 0.1) is 7.11 Å². The van der Waals surface area contributed by atoms with E-state index in [1.165, 1.54) is 0 Å². The van der Waals surface area contributed by atoms with Crippen LogP contribution in [0.1, 0.15) is 17.3 Å². The van der Waals surface area contributed by atoms with Gasteiger partial charge in [-0.25, -0.2) is 0 Å². The zero-order valence-electron chi connectivity index (χ0n) is 8.05. The van der Waals surface area contributed by atoms with Gasteiger partial charge in [-0.2, -0.15) is 0 Å². The monoisotopic (exact) mass is 196 g/mol. The van der Waals surface area contributed by atoms with Gasteiger partial charge in [0.1, 0.15) is 5.75 Å². The molecule has 1 aromatic rings. The minimum Gasteiger partial charge on any atom is -0.496 e. The first-order valence-corrected chi connectivity index (χ1v) is 5.55. The molecule has 0 aliphatic carbocycles. The van der Waals surface area contributed by atoms with Crippen LogP contribution in [0.3, 0.4) is 0 Å². The van der Waals surface area contributed by atoms with Gasteiger partial charge in [-0.05, 0) is 31.8 Å². The Bertz CT molecular complexity index is 321. The van der Waals surface area contributed by atoms with E-state index in [-0.39, 0.29) is 5.78 Å². The molecule has 0 radical (unpaired) electrons. The van der Waals surface area contributed by atoms with Gasteiger partial charge in [-0.1, -0.05) is 8.58 Å². The van der Waals surface area contributed by atoms with Gasteiger partial charge in [0.15, 0.2) is 5.78 Å². The summed E-state index contributed by atoms with van der Waals surface area (Å²) in [6.07, 6.45) is 0. The summed E-state index contributed by atoms with van der Waals surface area (Å²) in [6.45, 7) is 3.64. The van der Waals surface area contributed by atoms with Crippen molar-refractivity contribution < 1.29 is 9.53 Å². The number of benzene rings is 1. The van der Waals surface area contributed by atoms with Crippen LogP contribution in [0.4, 0.5) is 0 Å². The number of methoxy groups -OCH3 is 1. The predicted octanol–water partition coefficient (Wildman–Crippen LogP) is 1.83. The second-order valence-electron chi connectivity index (χ2n) is 2.72. The summed E-state index contributed by atoms with van der Waals surface area (Å²) in [5, 5.41) is 1.11. The standard InChI is InChI=1S/C10H13O2P/c1-7(11)8-4-5-9(12-2)10(6-8)13-3/h4-6,13H,1-3H3. The van der Waals surface area contributed by atoms with Crippen molar-refractivity contribution in [3.8, 4) is 5.75 Å². The molecule has 0 aromatic heterocycles. The third kappa shape index (κ3) is 2.28. The van der Waals surface area contributed by atoms with Gasteiger partial charge >= 0.3 is 0 Å². The van der Waals surface area contributed by atoms with Gasteiger partial charge < -0.3 is 4.74 Å². The van der Waals surface area contributed by atoms with E-state index in [0.717, 1.165) is 16.6 Å². The largest absolute Gasteiger partial charge is 0.496 e. The molecule has 0 saturated heterocycles. The number of hydrogen-bond donors (Lipinski definition) is 0. The first-order valence-electron chi connectivity index (χ1n) is 4.05. The van der Waals surface area contributed by atoms with Crippen molar-refractivity contribution >= 4 is 19.7 Å². The van der Waals surface area contributed by atoms with Crippen LogP contribution in [0.5, 0.6) is 5.75 Å². The van der Waals surface area contributed by atoms with Crippen molar-refractivity contribution in [3.05, 3.63) is 23.8 Å². The molecule has 2 nitrogen and oxygen atoms in total. The molecule has 0 saturated carbocycles. The Balaban J connectivity index is 3.13. The summed E-state index contributed by atoms with van der Waals surface area (Å²) in [6, 6.07) is 5.55. The molecule has 0 spiro atoms. The van der Waals surface area contributed by atoms with Crippen molar-refractivity contribution in [2.24, 2.45) is 0 Å². The highest BCUT2D eigenvalue weighted by Crippen LogP contribution is 2.17. The third-order valence-electron chi connectivity index (χ3n) is 1.88. The zero-order chi connectivity index (χ0) is 9.84. The highest BCUT2D eigenvalue weighted by Gasteiger charge is 2.04. The molecule has 1 unspecified atom stereocenters. The number of ether oxygens (including phenoxy) is 1. The highest BCUT2D eigenvalue weighted by atomic mass is 31.1. The summed E-state index contributed by atoms with van der Waals surface area (Å²) in [5.41, 5.74) is 0.755. The van der Waals surface area contributed by atoms with Crippen LogP contribution in [0, 0.1) is 0 Å². The van der Waals surface area contributed by atoms with E-state index in [0.29, 0.717) is 8.58 Å². The van der Waals surface area contributed by atoms with Crippen LogP contribution in [-0.4, -0.2) is 19.6 Å². The second kappa shape index (κ2) is 4.38. The maximum absolute atomic E-state index is 11.1. The van der Waals surface area contributed by atoms with Crippen molar-refractivity contribution in [1.29, 1.82) is 0 Å². The molecule has 3 heteroatoms.